The Morgan fingerprint density at radius 2 is 1.74 bits per heavy atom. The summed E-state index contributed by atoms with van der Waals surface area (Å²) in [6, 6.07) is 17.5. The number of aromatic nitrogens is 1. The second-order valence-corrected chi connectivity index (χ2v) is 9.08. The monoisotopic (exact) mass is 481 g/mol. The maximum Gasteiger partial charge on any atom is 0.322 e. The fraction of sp³-hybridized carbons (Fsp3) is 0.370. The smallest absolute Gasteiger partial charge is 0.322 e. The van der Waals surface area contributed by atoms with E-state index >= 15 is 0 Å². The fourth-order valence-corrected chi connectivity index (χ4v) is 4.76. The van der Waals surface area contributed by atoms with Crippen molar-refractivity contribution in [3.63, 3.8) is 0 Å². The number of hydrogen-bond donors (Lipinski definition) is 1. The first kappa shape index (κ1) is 24.0. The van der Waals surface area contributed by atoms with Crippen molar-refractivity contribution in [3.05, 3.63) is 77.1 Å². The minimum atomic E-state index is -0.118. The van der Waals surface area contributed by atoms with E-state index in [-0.39, 0.29) is 12.1 Å². The van der Waals surface area contributed by atoms with Gasteiger partial charge in [0.25, 0.3) is 0 Å². The van der Waals surface area contributed by atoms with Crippen LogP contribution in [0.4, 0.5) is 10.5 Å². The van der Waals surface area contributed by atoms with E-state index in [0.29, 0.717) is 30.3 Å². The van der Waals surface area contributed by atoms with Gasteiger partial charge in [0.1, 0.15) is 11.5 Å². The van der Waals surface area contributed by atoms with Crippen LogP contribution in [0.3, 0.4) is 0 Å². The van der Waals surface area contributed by atoms with Gasteiger partial charge in [0.05, 0.1) is 20.8 Å². The van der Waals surface area contributed by atoms with E-state index in [1.165, 1.54) is 6.42 Å². The third kappa shape index (κ3) is 5.86. The number of ether oxygens (including phenoxy) is 2. The van der Waals surface area contributed by atoms with Gasteiger partial charge >= 0.3 is 6.03 Å². The number of methoxy groups -OCH3 is 2. The molecule has 34 heavy (non-hydrogen) atoms. The highest BCUT2D eigenvalue weighted by molar-refractivity contribution is 6.31. The van der Waals surface area contributed by atoms with Crippen molar-refractivity contribution in [1.29, 1.82) is 0 Å². The van der Waals surface area contributed by atoms with Crippen LogP contribution >= 0.6 is 11.6 Å². The Morgan fingerprint density at radius 3 is 2.41 bits per heavy atom. The molecule has 1 heterocycles. The number of urea groups is 1. The third-order valence-corrected chi connectivity index (χ3v) is 6.80. The lowest BCUT2D eigenvalue weighted by atomic mass is 9.94. The molecular formula is C27H32ClN3O3. The summed E-state index contributed by atoms with van der Waals surface area (Å²) in [7, 11) is 3.20. The highest BCUT2D eigenvalue weighted by Gasteiger charge is 2.27. The van der Waals surface area contributed by atoms with Gasteiger partial charge in [-0.3, -0.25) is 0 Å². The number of rotatable bonds is 8. The molecule has 1 aliphatic carbocycles. The van der Waals surface area contributed by atoms with Crippen LogP contribution in [0.5, 0.6) is 11.5 Å². The van der Waals surface area contributed by atoms with E-state index in [2.05, 4.69) is 16.0 Å². The molecule has 1 saturated carbocycles. The summed E-state index contributed by atoms with van der Waals surface area (Å²) < 4.78 is 12.9. The van der Waals surface area contributed by atoms with Crippen molar-refractivity contribution in [1.82, 2.24) is 9.47 Å². The average molecular weight is 482 g/mol. The largest absolute Gasteiger partial charge is 0.497 e. The Labute approximate surface area is 206 Å². The zero-order chi connectivity index (χ0) is 23.9. The summed E-state index contributed by atoms with van der Waals surface area (Å²) in [5, 5.41) is 3.82. The number of amides is 2. The molecule has 2 amide bonds. The number of anilines is 1. The van der Waals surface area contributed by atoms with Gasteiger partial charge in [-0.2, -0.15) is 0 Å². The lowest BCUT2D eigenvalue weighted by molar-refractivity contribution is 0.161. The number of halogens is 1. The maximum atomic E-state index is 13.6. The van der Waals surface area contributed by atoms with Crippen molar-refractivity contribution >= 4 is 23.3 Å². The second kappa shape index (κ2) is 11.3. The molecule has 1 aromatic heterocycles. The van der Waals surface area contributed by atoms with Crippen molar-refractivity contribution in [2.75, 3.05) is 19.5 Å². The van der Waals surface area contributed by atoms with E-state index in [0.717, 1.165) is 42.0 Å². The summed E-state index contributed by atoms with van der Waals surface area (Å²) in [6.45, 7) is 1.18. The summed E-state index contributed by atoms with van der Waals surface area (Å²) in [5.74, 6) is 1.26. The third-order valence-electron chi connectivity index (χ3n) is 6.43. The molecule has 180 valence electrons. The Hall–Kier alpha value is -3.12. The van der Waals surface area contributed by atoms with Gasteiger partial charge in [-0.15, -0.1) is 0 Å². The molecule has 1 N–H and O–H groups in total. The number of nitrogens with one attached hydrogen (secondary N) is 1. The standard InChI is InChI=1S/C27H32ClN3O3/c1-33-24-15-21(16-25(17-24)34-2)29-27(32)31(22-10-4-3-5-11-22)19-23-12-8-14-30(23)18-20-9-6-7-13-26(20)28/h6-9,12-17,22H,3-5,10-11,18-19H2,1-2H3,(H,29,32). The van der Waals surface area contributed by atoms with Gasteiger partial charge in [0.2, 0.25) is 0 Å². The van der Waals surface area contributed by atoms with Crippen LogP contribution in [0, 0.1) is 0 Å². The molecule has 1 aliphatic rings. The second-order valence-electron chi connectivity index (χ2n) is 8.67. The van der Waals surface area contributed by atoms with E-state index in [4.69, 9.17) is 21.1 Å². The summed E-state index contributed by atoms with van der Waals surface area (Å²) in [4.78, 5) is 15.5. The first-order valence-electron chi connectivity index (χ1n) is 11.8. The van der Waals surface area contributed by atoms with Crippen LogP contribution in [0.1, 0.15) is 43.4 Å². The molecule has 0 atom stereocenters. The molecule has 0 radical (unpaired) electrons. The Bertz CT molecular complexity index is 1090. The van der Waals surface area contributed by atoms with Crippen molar-refractivity contribution in [2.24, 2.45) is 0 Å². The Balaban J connectivity index is 1.56. The molecule has 4 rings (SSSR count). The van der Waals surface area contributed by atoms with Crippen molar-refractivity contribution in [3.8, 4) is 11.5 Å². The molecule has 6 nitrogen and oxygen atoms in total. The van der Waals surface area contributed by atoms with Crippen LogP contribution in [-0.2, 0) is 13.1 Å². The van der Waals surface area contributed by atoms with E-state index in [1.807, 2.05) is 41.4 Å². The minimum Gasteiger partial charge on any atom is -0.497 e. The molecule has 7 heteroatoms. The molecule has 0 bridgehead atoms. The topological polar surface area (TPSA) is 55.7 Å². The van der Waals surface area contributed by atoms with Crippen LogP contribution in [0.2, 0.25) is 5.02 Å². The van der Waals surface area contributed by atoms with Gasteiger partial charge in [-0.05, 0) is 36.6 Å². The number of benzene rings is 2. The van der Waals surface area contributed by atoms with Crippen molar-refractivity contribution in [2.45, 2.75) is 51.2 Å². The SMILES string of the molecule is COc1cc(NC(=O)N(Cc2cccn2Cc2ccccc2Cl)C2CCCCC2)cc(OC)c1. The highest BCUT2D eigenvalue weighted by Crippen LogP contribution is 2.29. The van der Waals surface area contributed by atoms with Crippen molar-refractivity contribution < 1.29 is 14.3 Å². The zero-order valence-corrected chi connectivity index (χ0v) is 20.6. The van der Waals surface area contributed by atoms with Gasteiger partial charge in [-0.25, -0.2) is 4.79 Å². The van der Waals surface area contributed by atoms with Crippen LogP contribution in [0.15, 0.2) is 60.8 Å². The van der Waals surface area contributed by atoms with Crippen LogP contribution < -0.4 is 14.8 Å². The predicted octanol–water partition coefficient (Wildman–Crippen LogP) is 6.57. The summed E-state index contributed by atoms with van der Waals surface area (Å²) >= 11 is 6.40. The lowest BCUT2D eigenvalue weighted by Gasteiger charge is -2.34. The number of nitrogens with zero attached hydrogens (tertiary/aromatic N) is 2. The molecule has 0 saturated heterocycles. The van der Waals surface area contributed by atoms with E-state index < -0.39 is 0 Å². The lowest BCUT2D eigenvalue weighted by Crippen LogP contribution is -2.43. The van der Waals surface area contributed by atoms with E-state index in [1.54, 1.807) is 32.4 Å². The Morgan fingerprint density at radius 1 is 1.03 bits per heavy atom. The fourth-order valence-electron chi connectivity index (χ4n) is 4.57. The first-order valence-corrected chi connectivity index (χ1v) is 12.1. The summed E-state index contributed by atoms with van der Waals surface area (Å²) in [5.41, 5.74) is 2.77. The molecule has 2 aromatic carbocycles. The molecular weight excluding hydrogens is 450 g/mol. The normalized spacial score (nSPS) is 14.0. The first-order chi connectivity index (χ1) is 16.6. The van der Waals surface area contributed by atoms with Gasteiger partial charge in [-0.1, -0.05) is 49.1 Å². The molecule has 0 spiro atoms. The van der Waals surface area contributed by atoms with Gasteiger partial charge in [0, 0.05) is 53.4 Å². The number of carbonyl (C=O) groups is 1. The number of hydrogen-bond acceptors (Lipinski definition) is 3. The summed E-state index contributed by atoms with van der Waals surface area (Å²) in [6.07, 6.45) is 7.58. The molecule has 3 aromatic rings. The molecule has 0 unspecified atom stereocenters. The van der Waals surface area contributed by atoms with Crippen LogP contribution in [-0.4, -0.2) is 35.8 Å². The van der Waals surface area contributed by atoms with Crippen LogP contribution in [0.25, 0.3) is 0 Å². The molecule has 1 fully saturated rings. The van der Waals surface area contributed by atoms with E-state index in [9.17, 15) is 4.79 Å². The highest BCUT2D eigenvalue weighted by atomic mass is 35.5. The average Bonchev–Trinajstić information content (AvgIpc) is 3.30. The quantitative estimate of drug-likeness (QED) is 0.395. The zero-order valence-electron chi connectivity index (χ0n) is 19.8. The Kier molecular flexibility index (Phi) is 8.01. The molecule has 0 aliphatic heterocycles. The van der Waals surface area contributed by atoms with Gasteiger partial charge in [0.15, 0.2) is 0 Å². The minimum absolute atomic E-state index is 0.118. The number of carbonyl (C=O) groups excluding carboxylic acids is 1. The van der Waals surface area contributed by atoms with Gasteiger partial charge < -0.3 is 24.3 Å². The maximum absolute atomic E-state index is 13.6. The predicted molar refractivity (Wildman–Crippen MR) is 136 cm³/mol.